The van der Waals surface area contributed by atoms with Crippen molar-refractivity contribution in [1.82, 2.24) is 0 Å². The van der Waals surface area contributed by atoms with Crippen LogP contribution in [0.2, 0.25) is 0 Å². The van der Waals surface area contributed by atoms with Crippen LogP contribution in [-0.4, -0.2) is 34.0 Å². The van der Waals surface area contributed by atoms with Crippen LogP contribution in [0.5, 0.6) is 0 Å². The first-order chi connectivity index (χ1) is 12.6. The highest BCUT2D eigenvalue weighted by Gasteiger charge is 2.45. The van der Waals surface area contributed by atoms with Crippen molar-refractivity contribution in [3.63, 3.8) is 0 Å². The van der Waals surface area contributed by atoms with Gasteiger partial charge in [-0.05, 0) is 89.7 Å². The third kappa shape index (κ3) is 5.52. The van der Waals surface area contributed by atoms with Gasteiger partial charge in [-0.1, -0.05) is 85.1 Å². The van der Waals surface area contributed by atoms with Crippen molar-refractivity contribution in [2.24, 2.45) is 23.7 Å². The van der Waals surface area contributed by atoms with Gasteiger partial charge in [-0.25, -0.2) is 0 Å². The molecule has 0 bridgehead atoms. The predicted molar refractivity (Wildman–Crippen MR) is 130 cm³/mol. The fraction of sp³-hybridized carbons (Fsp3) is 1.00. The fourth-order valence-electron chi connectivity index (χ4n) is 6.53. The topological polar surface area (TPSA) is 0 Å². The Bertz CT molecular complexity index is 370. The number of hydrogen-bond acceptors (Lipinski definition) is 0. The van der Waals surface area contributed by atoms with E-state index in [1.165, 1.54) is 32.1 Å². The lowest BCUT2D eigenvalue weighted by Gasteiger charge is -2.40. The molecule has 0 aliphatic carbocycles. The molecule has 0 amide bonds. The zero-order valence-electron chi connectivity index (χ0n) is 20.2. The molecule has 0 radical (unpaired) electrons. The summed E-state index contributed by atoms with van der Waals surface area (Å²) in [5, 5.41) is 0. The summed E-state index contributed by atoms with van der Waals surface area (Å²) in [5.74, 6) is 3.56. The van der Waals surface area contributed by atoms with E-state index in [9.17, 15) is 0 Å². The lowest BCUT2D eigenvalue weighted by molar-refractivity contribution is 0.543. The molecule has 2 saturated heterocycles. The quantitative estimate of drug-likeness (QED) is 0.349. The summed E-state index contributed by atoms with van der Waals surface area (Å²) in [6.45, 7) is 25.4. The minimum Gasteiger partial charge on any atom is -0.0969 e. The largest absolute Gasteiger partial charge is 0.0969 e. The second kappa shape index (κ2) is 10.3. The second-order valence-corrected chi connectivity index (χ2v) is 17.4. The van der Waals surface area contributed by atoms with Gasteiger partial charge in [0.25, 0.3) is 0 Å². The maximum Gasteiger partial charge on any atom is -0.0181 e. The molecule has 2 rings (SSSR count). The van der Waals surface area contributed by atoms with Crippen molar-refractivity contribution < 1.29 is 0 Å². The zero-order valence-corrected chi connectivity index (χ0v) is 22.0. The Labute approximate surface area is 174 Å². The summed E-state index contributed by atoms with van der Waals surface area (Å²) < 4.78 is 0. The first-order valence-electron chi connectivity index (χ1n) is 12.1. The molecule has 0 aromatic carbocycles. The van der Waals surface area contributed by atoms with E-state index in [-0.39, 0.29) is 15.8 Å². The normalized spacial score (nSPS) is 33.1. The number of hydrogen-bond donors (Lipinski definition) is 0. The van der Waals surface area contributed by atoms with E-state index in [4.69, 9.17) is 0 Å². The molecule has 0 nitrogen and oxygen atoms in total. The highest BCUT2D eigenvalue weighted by atomic mass is 31.1. The van der Waals surface area contributed by atoms with Gasteiger partial charge < -0.3 is 0 Å². The molecule has 0 aromatic rings. The monoisotopic (exact) mass is 412 g/mol. The molecule has 0 unspecified atom stereocenters. The Morgan fingerprint density at radius 2 is 0.704 bits per heavy atom. The van der Waals surface area contributed by atoms with Crippen LogP contribution in [-0.2, 0) is 0 Å². The van der Waals surface area contributed by atoms with Crippen molar-refractivity contribution in [3.8, 4) is 0 Å². The number of rotatable bonds is 8. The lowest BCUT2D eigenvalue weighted by Crippen LogP contribution is -2.26. The van der Waals surface area contributed by atoms with Gasteiger partial charge in [-0.2, -0.15) is 0 Å². The second-order valence-electron chi connectivity index (χ2n) is 11.2. The zero-order chi connectivity index (χ0) is 20.5. The summed E-state index contributed by atoms with van der Waals surface area (Å²) in [6, 6.07) is 0. The SMILES string of the molecule is CC(C)[C@@H]1CC[C@@H](C(C)C)P1[C@@H](C)C[C@H](C)P1[C@H](C(C)C)CC[C@H]1C(C)C. The van der Waals surface area contributed by atoms with Crippen LogP contribution in [0.15, 0.2) is 0 Å². The van der Waals surface area contributed by atoms with Crippen molar-refractivity contribution in [2.75, 3.05) is 0 Å². The third-order valence-electron chi connectivity index (χ3n) is 7.83. The van der Waals surface area contributed by atoms with Gasteiger partial charge in [0.1, 0.15) is 0 Å². The molecule has 2 aliphatic rings. The third-order valence-corrected chi connectivity index (χ3v) is 16.8. The average Bonchev–Trinajstić information content (AvgIpc) is 3.19. The van der Waals surface area contributed by atoms with Crippen LogP contribution in [0.25, 0.3) is 0 Å². The molecule has 2 aliphatic heterocycles. The Morgan fingerprint density at radius 1 is 0.481 bits per heavy atom. The van der Waals surface area contributed by atoms with Crippen LogP contribution in [0, 0.1) is 23.7 Å². The molecule has 0 aromatic heterocycles. The van der Waals surface area contributed by atoms with E-state index in [0.29, 0.717) is 0 Å². The lowest BCUT2D eigenvalue weighted by atomic mass is 10.0. The van der Waals surface area contributed by atoms with Gasteiger partial charge in [0.05, 0.1) is 0 Å². The van der Waals surface area contributed by atoms with Crippen LogP contribution in [0.4, 0.5) is 0 Å². The Balaban J connectivity index is 2.14. The van der Waals surface area contributed by atoms with Crippen molar-refractivity contribution in [2.45, 2.75) is 135 Å². The van der Waals surface area contributed by atoms with E-state index < -0.39 is 0 Å². The van der Waals surface area contributed by atoms with Crippen molar-refractivity contribution >= 4 is 15.8 Å². The maximum atomic E-state index is 2.67. The van der Waals surface area contributed by atoms with Gasteiger partial charge in [0.15, 0.2) is 0 Å². The summed E-state index contributed by atoms with van der Waals surface area (Å²) in [4.78, 5) is 0. The molecule has 6 atom stereocenters. The summed E-state index contributed by atoms with van der Waals surface area (Å²) in [5.41, 5.74) is 6.09. The molecule has 2 heterocycles. The van der Waals surface area contributed by atoms with Crippen molar-refractivity contribution in [3.05, 3.63) is 0 Å². The van der Waals surface area contributed by atoms with E-state index in [2.05, 4.69) is 69.2 Å². The first kappa shape index (κ1) is 24.1. The van der Waals surface area contributed by atoms with Gasteiger partial charge in [-0.15, -0.1) is 0 Å². The van der Waals surface area contributed by atoms with E-state index in [0.717, 1.165) is 57.6 Å². The Kier molecular flexibility index (Phi) is 9.16. The summed E-state index contributed by atoms with van der Waals surface area (Å²) >= 11 is 0. The van der Waals surface area contributed by atoms with Crippen LogP contribution in [0.1, 0.15) is 101 Å². The Morgan fingerprint density at radius 3 is 0.889 bits per heavy atom. The molecule has 2 fully saturated rings. The minimum atomic E-state index is 0.192. The molecule has 27 heavy (non-hydrogen) atoms. The molecular formula is C25H50P2. The minimum absolute atomic E-state index is 0.192. The molecule has 0 N–H and O–H groups in total. The van der Waals surface area contributed by atoms with Crippen molar-refractivity contribution in [1.29, 1.82) is 0 Å². The molecule has 2 heteroatoms. The average molecular weight is 413 g/mol. The van der Waals surface area contributed by atoms with E-state index in [1.807, 2.05) is 0 Å². The fourth-order valence-corrected chi connectivity index (χ4v) is 16.0. The van der Waals surface area contributed by atoms with Gasteiger partial charge in [0, 0.05) is 0 Å². The maximum absolute atomic E-state index is 2.67. The highest BCUT2D eigenvalue weighted by molar-refractivity contribution is 7.61. The van der Waals surface area contributed by atoms with Crippen LogP contribution >= 0.6 is 15.8 Å². The molecule has 0 saturated carbocycles. The standard InChI is InChI=1S/C25H50P2/c1-16(2)22-11-12-23(17(3)4)26(22)20(9)15-21(10)27-24(18(5)6)13-14-25(27)19(7)8/h16-25H,11-15H2,1-10H3/t20-,21-,22-,23-,24-,25-/m0/s1. The van der Waals surface area contributed by atoms with Gasteiger partial charge in [0.2, 0.25) is 0 Å². The Hall–Kier alpha value is 0.860. The van der Waals surface area contributed by atoms with Crippen LogP contribution in [0.3, 0.4) is 0 Å². The van der Waals surface area contributed by atoms with E-state index >= 15 is 0 Å². The highest BCUT2D eigenvalue weighted by Crippen LogP contribution is 2.67. The van der Waals surface area contributed by atoms with Gasteiger partial charge >= 0.3 is 0 Å². The molecule has 160 valence electrons. The first-order valence-corrected chi connectivity index (χ1v) is 15.2. The smallest absolute Gasteiger partial charge is 0.0181 e. The molecule has 0 spiro atoms. The van der Waals surface area contributed by atoms with Gasteiger partial charge in [-0.3, -0.25) is 0 Å². The van der Waals surface area contributed by atoms with E-state index in [1.54, 1.807) is 0 Å². The summed E-state index contributed by atoms with van der Waals surface area (Å²) in [6.07, 6.45) is 7.59. The predicted octanol–water partition coefficient (Wildman–Crippen LogP) is 8.80. The molecular weight excluding hydrogens is 362 g/mol. The van der Waals surface area contributed by atoms with Crippen LogP contribution < -0.4 is 0 Å². The summed E-state index contributed by atoms with van der Waals surface area (Å²) in [7, 11) is 0.384.